The van der Waals surface area contributed by atoms with Crippen LogP contribution in [0.25, 0.3) is 5.57 Å². The van der Waals surface area contributed by atoms with Gasteiger partial charge in [0.25, 0.3) is 5.91 Å². The van der Waals surface area contributed by atoms with Crippen LogP contribution in [0, 0.1) is 11.7 Å². The minimum atomic E-state index is -3.28. The number of halogens is 1. The van der Waals surface area contributed by atoms with Crippen LogP contribution in [-0.4, -0.2) is 59.2 Å². The van der Waals surface area contributed by atoms with E-state index < -0.39 is 27.6 Å². The first-order valence-corrected chi connectivity index (χ1v) is 10.7. The van der Waals surface area contributed by atoms with E-state index in [1.807, 2.05) is 0 Å². The van der Waals surface area contributed by atoms with Crippen molar-refractivity contribution in [2.75, 3.05) is 18.2 Å². The summed E-state index contributed by atoms with van der Waals surface area (Å²) in [5.74, 6) is -1.90. The molecular weight excluding hydrogens is 373 g/mol. The van der Waals surface area contributed by atoms with Crippen molar-refractivity contribution in [3.8, 4) is 0 Å². The van der Waals surface area contributed by atoms with Crippen LogP contribution >= 0.6 is 0 Å². The van der Waals surface area contributed by atoms with E-state index in [2.05, 4.69) is 4.98 Å². The third-order valence-corrected chi connectivity index (χ3v) is 6.87. The van der Waals surface area contributed by atoms with E-state index in [9.17, 15) is 22.4 Å². The topological polar surface area (TPSA) is 87.7 Å². The Balaban J connectivity index is 1.72. The predicted octanol–water partition coefficient (Wildman–Crippen LogP) is 0.742. The lowest BCUT2D eigenvalue weighted by Crippen LogP contribution is -2.54. The molecule has 1 saturated heterocycles. The van der Waals surface area contributed by atoms with Crippen molar-refractivity contribution >= 4 is 27.2 Å². The van der Waals surface area contributed by atoms with E-state index in [-0.39, 0.29) is 36.5 Å². The van der Waals surface area contributed by atoms with Crippen molar-refractivity contribution in [2.24, 2.45) is 5.92 Å². The molecule has 144 valence electrons. The number of carbonyl (C=O) groups is 2. The molecule has 4 rings (SSSR count). The first kappa shape index (κ1) is 18.1. The van der Waals surface area contributed by atoms with Gasteiger partial charge in [-0.25, -0.2) is 12.8 Å². The largest absolute Gasteiger partial charge is 0.325 e. The summed E-state index contributed by atoms with van der Waals surface area (Å²) < 4.78 is 37.9. The van der Waals surface area contributed by atoms with E-state index in [0.717, 1.165) is 6.20 Å². The SMILES string of the molecule is CC(C)[C@H](C(=O)N1CCS(=O)(=O)C1)N1Cc2c(F)cnc3c2C(=CC3)C1=O. The van der Waals surface area contributed by atoms with Gasteiger partial charge in [-0.1, -0.05) is 19.9 Å². The Bertz CT molecular complexity index is 987. The van der Waals surface area contributed by atoms with E-state index >= 15 is 0 Å². The highest BCUT2D eigenvalue weighted by molar-refractivity contribution is 7.91. The summed E-state index contributed by atoms with van der Waals surface area (Å²) in [6, 6.07) is -0.850. The minimum Gasteiger partial charge on any atom is -0.325 e. The predicted molar refractivity (Wildman–Crippen MR) is 95.4 cm³/mol. The highest BCUT2D eigenvalue weighted by Crippen LogP contribution is 2.38. The zero-order valence-corrected chi connectivity index (χ0v) is 15.9. The third-order valence-electron chi connectivity index (χ3n) is 5.36. The molecule has 0 aromatic carbocycles. The minimum absolute atomic E-state index is 0.0258. The van der Waals surface area contributed by atoms with Gasteiger partial charge in [0, 0.05) is 29.7 Å². The van der Waals surface area contributed by atoms with Crippen molar-refractivity contribution in [3.05, 3.63) is 34.9 Å². The summed E-state index contributed by atoms with van der Waals surface area (Å²) in [4.78, 5) is 32.9. The summed E-state index contributed by atoms with van der Waals surface area (Å²) in [5, 5.41) is 0. The Hall–Kier alpha value is -2.29. The number of amides is 2. The maximum atomic E-state index is 14.4. The van der Waals surface area contributed by atoms with Crippen molar-refractivity contribution < 1.29 is 22.4 Å². The summed E-state index contributed by atoms with van der Waals surface area (Å²) in [5.41, 5.74) is 1.98. The second-order valence-electron chi connectivity index (χ2n) is 7.53. The quantitative estimate of drug-likeness (QED) is 0.756. The van der Waals surface area contributed by atoms with Crippen molar-refractivity contribution in [2.45, 2.75) is 32.9 Å². The van der Waals surface area contributed by atoms with Crippen LogP contribution < -0.4 is 0 Å². The number of rotatable bonds is 3. The van der Waals surface area contributed by atoms with Gasteiger partial charge < -0.3 is 9.80 Å². The molecule has 0 bridgehead atoms. The molecule has 2 amide bonds. The van der Waals surface area contributed by atoms with E-state index in [1.165, 1.54) is 9.80 Å². The van der Waals surface area contributed by atoms with Crippen LogP contribution in [0.15, 0.2) is 12.3 Å². The first-order valence-electron chi connectivity index (χ1n) is 8.86. The summed E-state index contributed by atoms with van der Waals surface area (Å²) in [6.07, 6.45) is 3.33. The number of sulfone groups is 1. The molecule has 9 heteroatoms. The van der Waals surface area contributed by atoms with Gasteiger partial charge in [-0.15, -0.1) is 0 Å². The molecule has 1 aromatic heterocycles. The lowest BCUT2D eigenvalue weighted by Gasteiger charge is -2.38. The van der Waals surface area contributed by atoms with Crippen LogP contribution in [0.4, 0.5) is 4.39 Å². The highest BCUT2D eigenvalue weighted by atomic mass is 32.2. The number of nitrogens with zero attached hydrogens (tertiary/aromatic N) is 3. The standard InChI is InChI=1S/C18H20FN3O4S/c1-10(2)16(18(24)21-5-6-27(25,26)9-21)22-8-12-13(19)7-20-14-4-3-11(15(12)14)17(22)23/h3,7,10,16H,4-6,8-9H2,1-2H3/t16-/m1/s1. The van der Waals surface area contributed by atoms with Crippen molar-refractivity contribution in [1.82, 2.24) is 14.8 Å². The average Bonchev–Trinajstić information content (AvgIpc) is 3.18. The molecule has 0 saturated carbocycles. The number of carbonyl (C=O) groups excluding carboxylic acids is 2. The van der Waals surface area contributed by atoms with Crippen LogP contribution in [0.2, 0.25) is 0 Å². The molecule has 3 heterocycles. The molecule has 0 radical (unpaired) electrons. The van der Waals surface area contributed by atoms with Crippen LogP contribution in [0.1, 0.15) is 30.7 Å². The fraction of sp³-hybridized carbons (Fsp3) is 0.500. The van der Waals surface area contributed by atoms with Crippen molar-refractivity contribution in [1.29, 1.82) is 0 Å². The Morgan fingerprint density at radius 2 is 2.07 bits per heavy atom. The number of hydrogen-bond donors (Lipinski definition) is 0. The molecular formula is C18H20FN3O4S. The van der Waals surface area contributed by atoms with Gasteiger partial charge in [0.2, 0.25) is 5.91 Å². The Morgan fingerprint density at radius 1 is 1.33 bits per heavy atom. The average molecular weight is 393 g/mol. The summed E-state index contributed by atoms with van der Waals surface area (Å²) in [7, 11) is -3.28. The Labute approximate surface area is 156 Å². The van der Waals surface area contributed by atoms with Gasteiger partial charge in [0.1, 0.15) is 17.7 Å². The maximum absolute atomic E-state index is 14.4. The normalized spacial score (nSPS) is 21.5. The van der Waals surface area contributed by atoms with Crippen LogP contribution in [0.5, 0.6) is 0 Å². The van der Waals surface area contributed by atoms with Crippen LogP contribution in [-0.2, 0) is 32.4 Å². The monoisotopic (exact) mass is 393 g/mol. The smallest absolute Gasteiger partial charge is 0.255 e. The Kier molecular flexibility index (Phi) is 4.10. The second-order valence-corrected chi connectivity index (χ2v) is 9.68. The second kappa shape index (κ2) is 6.12. The zero-order chi connectivity index (χ0) is 19.5. The van der Waals surface area contributed by atoms with Crippen LogP contribution in [0.3, 0.4) is 0 Å². The fourth-order valence-corrected chi connectivity index (χ4v) is 5.43. The molecule has 27 heavy (non-hydrogen) atoms. The van der Waals surface area contributed by atoms with E-state index in [0.29, 0.717) is 28.8 Å². The van der Waals surface area contributed by atoms with Gasteiger partial charge in [-0.3, -0.25) is 14.6 Å². The molecule has 7 nitrogen and oxygen atoms in total. The van der Waals surface area contributed by atoms with E-state index in [1.54, 1.807) is 19.9 Å². The lowest BCUT2D eigenvalue weighted by molar-refractivity contribution is -0.145. The van der Waals surface area contributed by atoms with Gasteiger partial charge >= 0.3 is 0 Å². The molecule has 2 aliphatic heterocycles. The van der Waals surface area contributed by atoms with E-state index in [4.69, 9.17) is 0 Å². The third kappa shape index (κ3) is 2.84. The fourth-order valence-electron chi connectivity index (χ4n) is 4.07. The molecule has 0 spiro atoms. The molecule has 1 fully saturated rings. The number of pyridine rings is 1. The molecule has 3 aliphatic rings. The maximum Gasteiger partial charge on any atom is 0.255 e. The lowest BCUT2D eigenvalue weighted by atomic mass is 9.92. The zero-order valence-electron chi connectivity index (χ0n) is 15.1. The molecule has 1 atom stereocenters. The van der Waals surface area contributed by atoms with Gasteiger partial charge in [-0.2, -0.15) is 0 Å². The van der Waals surface area contributed by atoms with Crippen molar-refractivity contribution in [3.63, 3.8) is 0 Å². The molecule has 1 aliphatic carbocycles. The highest BCUT2D eigenvalue weighted by Gasteiger charge is 2.43. The Morgan fingerprint density at radius 3 is 2.70 bits per heavy atom. The summed E-state index contributed by atoms with van der Waals surface area (Å²) in [6.45, 7) is 3.69. The molecule has 1 aromatic rings. The number of allylic oxidation sites excluding steroid dienone is 1. The molecule has 0 unspecified atom stereocenters. The van der Waals surface area contributed by atoms with Gasteiger partial charge in [0.15, 0.2) is 9.84 Å². The first-order chi connectivity index (χ1) is 12.7. The number of hydrogen-bond acceptors (Lipinski definition) is 5. The summed E-state index contributed by atoms with van der Waals surface area (Å²) >= 11 is 0. The molecule has 0 N–H and O–H groups in total. The van der Waals surface area contributed by atoms with Gasteiger partial charge in [0.05, 0.1) is 24.2 Å². The number of aromatic nitrogens is 1. The van der Waals surface area contributed by atoms with Gasteiger partial charge in [-0.05, 0) is 5.92 Å².